The summed E-state index contributed by atoms with van der Waals surface area (Å²) in [5.74, 6) is -3.50. The molecule has 0 amide bonds. The van der Waals surface area contributed by atoms with Crippen molar-refractivity contribution in [3.8, 4) is 5.75 Å². The van der Waals surface area contributed by atoms with Crippen molar-refractivity contribution in [1.29, 1.82) is 0 Å². The van der Waals surface area contributed by atoms with Crippen molar-refractivity contribution >= 4 is 18.0 Å². The predicted molar refractivity (Wildman–Crippen MR) is 50.4 cm³/mol. The molecule has 0 fully saturated rings. The third-order valence-corrected chi connectivity index (χ3v) is 2.18. The van der Waals surface area contributed by atoms with Gasteiger partial charge in [0.25, 0.3) is 5.76 Å². The number of hydrogen-bond donors (Lipinski definition) is 0. The number of rotatable bonds is 4. The molecule has 17 heavy (non-hydrogen) atoms. The van der Waals surface area contributed by atoms with Gasteiger partial charge in [0, 0.05) is 10.5 Å². The van der Waals surface area contributed by atoms with Gasteiger partial charge in [-0.3, -0.25) is 4.79 Å². The largest absolute Gasteiger partial charge is 0.573 e. The van der Waals surface area contributed by atoms with Gasteiger partial charge < -0.3 is 4.74 Å². The lowest BCUT2D eigenvalue weighted by Crippen LogP contribution is -2.17. The first-order valence-electron chi connectivity index (χ1n) is 4.11. The number of alkyl halides is 5. The molecule has 0 atom stereocenters. The molecule has 1 aromatic rings. The Hall–Kier alpha value is -1.31. The highest BCUT2D eigenvalue weighted by Crippen LogP contribution is 2.31. The number of aldehydes is 1. The number of hydrogen-bond acceptors (Lipinski definition) is 3. The Morgan fingerprint density at radius 3 is 2.35 bits per heavy atom. The van der Waals surface area contributed by atoms with Gasteiger partial charge in [0.15, 0.2) is 0 Å². The van der Waals surface area contributed by atoms with Crippen molar-refractivity contribution in [2.45, 2.75) is 17.0 Å². The summed E-state index contributed by atoms with van der Waals surface area (Å²) in [6, 6.07) is 2.65. The van der Waals surface area contributed by atoms with E-state index in [9.17, 15) is 26.7 Å². The summed E-state index contributed by atoms with van der Waals surface area (Å²) in [6.45, 7) is 0. The molecule has 0 aliphatic heterocycles. The van der Waals surface area contributed by atoms with E-state index >= 15 is 0 Å². The van der Waals surface area contributed by atoms with Gasteiger partial charge in [-0.1, -0.05) is 11.8 Å². The van der Waals surface area contributed by atoms with Gasteiger partial charge >= 0.3 is 6.36 Å². The van der Waals surface area contributed by atoms with Crippen LogP contribution in [-0.2, 0) is 0 Å². The van der Waals surface area contributed by atoms with Crippen LogP contribution in [0.4, 0.5) is 22.0 Å². The van der Waals surface area contributed by atoms with Crippen LogP contribution in [0.25, 0.3) is 0 Å². The number of benzene rings is 1. The quantitative estimate of drug-likeness (QED) is 0.475. The van der Waals surface area contributed by atoms with E-state index < -0.39 is 17.9 Å². The summed E-state index contributed by atoms with van der Waals surface area (Å²) in [4.78, 5) is 10.3. The number of carbonyl (C=O) groups is 1. The molecule has 0 unspecified atom stereocenters. The van der Waals surface area contributed by atoms with Gasteiger partial charge in [-0.25, -0.2) is 0 Å². The lowest BCUT2D eigenvalue weighted by atomic mass is 10.2. The van der Waals surface area contributed by atoms with E-state index in [1.54, 1.807) is 0 Å². The Kier molecular flexibility index (Phi) is 4.33. The Balaban J connectivity index is 3.01. The van der Waals surface area contributed by atoms with Crippen molar-refractivity contribution in [2.75, 3.05) is 0 Å². The fraction of sp³-hybridized carbons (Fsp3) is 0.222. The molecular formula is C9H5F5O2S. The zero-order valence-electron chi connectivity index (χ0n) is 8.00. The summed E-state index contributed by atoms with van der Waals surface area (Å²) in [5.41, 5.74) is -0.171. The molecule has 0 aliphatic carbocycles. The molecule has 0 aliphatic rings. The van der Waals surface area contributed by atoms with E-state index in [2.05, 4.69) is 4.74 Å². The van der Waals surface area contributed by atoms with Gasteiger partial charge in [0.05, 0.1) is 0 Å². The van der Waals surface area contributed by atoms with Crippen molar-refractivity contribution < 1.29 is 31.5 Å². The van der Waals surface area contributed by atoms with Crippen LogP contribution in [0.15, 0.2) is 23.1 Å². The summed E-state index contributed by atoms with van der Waals surface area (Å²) >= 11 is 0.0286. The number of ether oxygens (including phenoxy) is 1. The first-order valence-corrected chi connectivity index (χ1v) is 4.99. The van der Waals surface area contributed by atoms with E-state index in [-0.39, 0.29) is 28.5 Å². The van der Waals surface area contributed by atoms with Gasteiger partial charge in [-0.2, -0.15) is 8.78 Å². The van der Waals surface area contributed by atoms with Gasteiger partial charge in [0.2, 0.25) is 0 Å². The molecule has 0 saturated heterocycles. The molecular weight excluding hydrogens is 267 g/mol. The van der Waals surface area contributed by atoms with Crippen molar-refractivity contribution in [3.63, 3.8) is 0 Å². The number of halogens is 5. The lowest BCUT2D eigenvalue weighted by molar-refractivity contribution is -0.274. The molecule has 0 saturated carbocycles. The standard InChI is InChI=1S/C9H5F5O2S/c10-8(11)17-7-2-5(4-15)1-6(3-7)16-9(12,13)14/h1-4,8H. The fourth-order valence-electron chi connectivity index (χ4n) is 1.03. The summed E-state index contributed by atoms with van der Waals surface area (Å²) in [6.07, 6.45) is -4.69. The van der Waals surface area contributed by atoms with Crippen molar-refractivity contribution in [3.05, 3.63) is 23.8 Å². The van der Waals surface area contributed by atoms with Crippen LogP contribution in [0, 0.1) is 0 Å². The molecule has 0 bridgehead atoms. The Labute approximate surface area is 96.8 Å². The van der Waals surface area contributed by atoms with Crippen LogP contribution in [0.2, 0.25) is 0 Å². The van der Waals surface area contributed by atoms with Crippen LogP contribution in [-0.4, -0.2) is 18.4 Å². The van der Waals surface area contributed by atoms with Gasteiger partial charge in [-0.15, -0.1) is 13.2 Å². The lowest BCUT2D eigenvalue weighted by Gasteiger charge is -2.10. The summed E-state index contributed by atoms with van der Waals surface area (Å²) < 4.78 is 63.3. The molecule has 1 aromatic carbocycles. The first kappa shape index (κ1) is 13.8. The normalized spacial score (nSPS) is 11.6. The van der Waals surface area contributed by atoms with E-state index in [1.807, 2.05) is 0 Å². The predicted octanol–water partition coefficient (Wildman–Crippen LogP) is 3.71. The third-order valence-electron chi connectivity index (χ3n) is 1.50. The maximum Gasteiger partial charge on any atom is 0.573 e. The maximum absolute atomic E-state index is 12.0. The summed E-state index contributed by atoms with van der Waals surface area (Å²) in [7, 11) is 0. The van der Waals surface area contributed by atoms with Crippen LogP contribution in [0.5, 0.6) is 5.75 Å². The fourth-order valence-corrected chi connectivity index (χ4v) is 1.62. The second-order valence-electron chi connectivity index (χ2n) is 2.78. The van der Waals surface area contributed by atoms with Gasteiger partial charge in [-0.05, 0) is 18.2 Å². The van der Waals surface area contributed by atoms with E-state index in [0.29, 0.717) is 0 Å². The smallest absolute Gasteiger partial charge is 0.406 e. The SMILES string of the molecule is O=Cc1cc(OC(F)(F)F)cc(SC(F)F)c1. The monoisotopic (exact) mass is 272 g/mol. The molecule has 94 valence electrons. The summed E-state index contributed by atoms with van der Waals surface area (Å²) in [5, 5.41) is 0. The van der Waals surface area contributed by atoms with Crippen LogP contribution < -0.4 is 4.74 Å². The minimum absolute atomic E-state index is 0.0286. The first-order chi connectivity index (χ1) is 7.80. The number of thioether (sulfide) groups is 1. The van der Waals surface area contributed by atoms with E-state index in [4.69, 9.17) is 0 Å². The topological polar surface area (TPSA) is 26.3 Å². The van der Waals surface area contributed by atoms with Crippen LogP contribution >= 0.6 is 11.8 Å². The molecule has 0 spiro atoms. The molecule has 0 radical (unpaired) electrons. The minimum Gasteiger partial charge on any atom is -0.406 e. The highest BCUT2D eigenvalue weighted by atomic mass is 32.2. The zero-order chi connectivity index (χ0) is 13.1. The third kappa shape index (κ3) is 5.03. The van der Waals surface area contributed by atoms with Crippen LogP contribution in [0.3, 0.4) is 0 Å². The Bertz CT molecular complexity index is 405. The van der Waals surface area contributed by atoms with Gasteiger partial charge in [0.1, 0.15) is 12.0 Å². The van der Waals surface area contributed by atoms with E-state index in [1.165, 1.54) is 0 Å². The van der Waals surface area contributed by atoms with Crippen molar-refractivity contribution in [2.24, 2.45) is 0 Å². The Morgan fingerprint density at radius 2 is 1.88 bits per heavy atom. The second kappa shape index (κ2) is 5.35. The van der Waals surface area contributed by atoms with E-state index in [0.717, 1.165) is 18.2 Å². The average molecular weight is 272 g/mol. The minimum atomic E-state index is -4.94. The number of carbonyl (C=O) groups excluding carboxylic acids is 1. The average Bonchev–Trinajstić information content (AvgIpc) is 2.13. The van der Waals surface area contributed by atoms with Crippen LogP contribution in [0.1, 0.15) is 10.4 Å². The Morgan fingerprint density at radius 1 is 1.24 bits per heavy atom. The maximum atomic E-state index is 12.0. The molecule has 8 heteroatoms. The zero-order valence-corrected chi connectivity index (χ0v) is 8.82. The molecule has 1 rings (SSSR count). The molecule has 0 aromatic heterocycles. The van der Waals surface area contributed by atoms with Crippen molar-refractivity contribution in [1.82, 2.24) is 0 Å². The molecule has 2 nitrogen and oxygen atoms in total. The molecule has 0 N–H and O–H groups in total. The highest BCUT2D eigenvalue weighted by Gasteiger charge is 2.31. The highest BCUT2D eigenvalue weighted by molar-refractivity contribution is 7.99. The molecule has 0 heterocycles. The second-order valence-corrected chi connectivity index (χ2v) is 3.85.